The number of anilines is 2. The number of carboxylic acid groups (broad SMARTS) is 2. The molecule has 0 spiro atoms. The molecule has 1 rings (SSSR count). The molecule has 0 aliphatic carbocycles. The van der Waals surface area contributed by atoms with Gasteiger partial charge in [0, 0.05) is 31.0 Å². The molecule has 0 bridgehead atoms. The Morgan fingerprint density at radius 2 is 1.38 bits per heavy atom. The van der Waals surface area contributed by atoms with Gasteiger partial charge >= 0.3 is 11.9 Å². The van der Waals surface area contributed by atoms with Crippen LogP contribution in [0.3, 0.4) is 0 Å². The van der Waals surface area contributed by atoms with Crippen LogP contribution >= 0.6 is 0 Å². The lowest BCUT2D eigenvalue weighted by Crippen LogP contribution is -2.31. The summed E-state index contributed by atoms with van der Waals surface area (Å²) >= 11 is 0. The first-order valence-electron chi connectivity index (χ1n) is 7.01. The minimum Gasteiger partial charge on any atom is -0.481 e. The maximum absolute atomic E-state index is 10.9. The third-order valence-electron chi connectivity index (χ3n) is 3.27. The highest BCUT2D eigenvalue weighted by molar-refractivity contribution is 5.75. The highest BCUT2D eigenvalue weighted by Crippen LogP contribution is 2.21. The Morgan fingerprint density at radius 3 is 1.76 bits per heavy atom. The molecule has 0 heterocycles. The monoisotopic (exact) mass is 294 g/mol. The summed E-state index contributed by atoms with van der Waals surface area (Å²) in [5, 5.41) is 17.7. The van der Waals surface area contributed by atoms with E-state index in [0.717, 1.165) is 24.5 Å². The van der Waals surface area contributed by atoms with Gasteiger partial charge in [-0.2, -0.15) is 0 Å². The van der Waals surface area contributed by atoms with Crippen molar-refractivity contribution < 1.29 is 19.8 Å². The summed E-state index contributed by atoms with van der Waals surface area (Å²) in [5.41, 5.74) is 1.78. The third-order valence-corrected chi connectivity index (χ3v) is 3.27. The van der Waals surface area contributed by atoms with Gasteiger partial charge in [0.1, 0.15) is 6.54 Å². The average Bonchev–Trinajstić information content (AvgIpc) is 2.45. The van der Waals surface area contributed by atoms with Crippen LogP contribution < -0.4 is 9.80 Å². The topological polar surface area (TPSA) is 81.1 Å². The molecule has 2 N–H and O–H groups in total. The summed E-state index contributed by atoms with van der Waals surface area (Å²) in [5.74, 6) is -1.92. The Bertz CT molecular complexity index is 469. The van der Waals surface area contributed by atoms with Crippen LogP contribution in [0.5, 0.6) is 0 Å². The molecular formula is C15H22N2O4. The van der Waals surface area contributed by atoms with Gasteiger partial charge in [0.25, 0.3) is 0 Å². The van der Waals surface area contributed by atoms with Crippen LogP contribution in [0.1, 0.15) is 20.3 Å². The van der Waals surface area contributed by atoms with Gasteiger partial charge in [-0.15, -0.1) is 0 Å². The summed E-state index contributed by atoms with van der Waals surface area (Å²) in [6.45, 7) is 5.90. The van der Waals surface area contributed by atoms with Crippen LogP contribution in [0.15, 0.2) is 24.3 Å². The molecule has 0 radical (unpaired) electrons. The van der Waals surface area contributed by atoms with Crippen molar-refractivity contribution >= 4 is 23.3 Å². The fraction of sp³-hybridized carbons (Fsp3) is 0.467. The van der Waals surface area contributed by atoms with E-state index in [9.17, 15) is 9.59 Å². The van der Waals surface area contributed by atoms with E-state index in [1.165, 1.54) is 0 Å². The van der Waals surface area contributed by atoms with Crippen LogP contribution in [0.25, 0.3) is 0 Å². The lowest BCUT2D eigenvalue weighted by atomic mass is 10.2. The zero-order valence-electron chi connectivity index (χ0n) is 12.5. The molecule has 0 amide bonds. The highest BCUT2D eigenvalue weighted by Gasteiger charge is 2.13. The maximum Gasteiger partial charge on any atom is 0.323 e. The van der Waals surface area contributed by atoms with Gasteiger partial charge in [-0.3, -0.25) is 9.59 Å². The molecule has 1 aromatic carbocycles. The van der Waals surface area contributed by atoms with Crippen LogP contribution in [0, 0.1) is 0 Å². The molecule has 0 atom stereocenters. The van der Waals surface area contributed by atoms with Crippen molar-refractivity contribution in [1.29, 1.82) is 0 Å². The number of rotatable bonds is 9. The summed E-state index contributed by atoms with van der Waals surface area (Å²) < 4.78 is 0. The number of benzene rings is 1. The van der Waals surface area contributed by atoms with E-state index < -0.39 is 11.9 Å². The van der Waals surface area contributed by atoms with E-state index in [-0.39, 0.29) is 19.5 Å². The van der Waals surface area contributed by atoms with Crippen LogP contribution in [-0.2, 0) is 9.59 Å². The van der Waals surface area contributed by atoms with E-state index in [1.807, 2.05) is 24.3 Å². The standard InChI is InChI=1S/C15H22N2O4/c1-3-16(4-2)12-5-7-13(8-6-12)17(11-15(20)21)10-9-14(18)19/h5-8H,3-4,9-11H2,1-2H3,(H,18,19)(H,20,21). The number of carboxylic acids is 2. The van der Waals surface area contributed by atoms with Gasteiger partial charge in [0.05, 0.1) is 6.42 Å². The minimum atomic E-state index is -0.979. The molecule has 0 aliphatic heterocycles. The summed E-state index contributed by atoms with van der Waals surface area (Å²) in [7, 11) is 0. The molecular weight excluding hydrogens is 272 g/mol. The van der Waals surface area contributed by atoms with E-state index in [4.69, 9.17) is 10.2 Å². The normalized spacial score (nSPS) is 10.2. The van der Waals surface area contributed by atoms with Gasteiger partial charge in [-0.1, -0.05) is 0 Å². The van der Waals surface area contributed by atoms with Crippen molar-refractivity contribution in [3.8, 4) is 0 Å². The summed E-state index contributed by atoms with van der Waals surface area (Å²) in [4.78, 5) is 25.3. The summed E-state index contributed by atoms with van der Waals surface area (Å²) in [6.07, 6.45) is -0.0922. The first-order chi connectivity index (χ1) is 9.97. The van der Waals surface area contributed by atoms with Crippen molar-refractivity contribution in [1.82, 2.24) is 0 Å². The van der Waals surface area contributed by atoms with Gasteiger partial charge in [-0.25, -0.2) is 0 Å². The van der Waals surface area contributed by atoms with E-state index in [0.29, 0.717) is 0 Å². The van der Waals surface area contributed by atoms with Gasteiger partial charge in [0.2, 0.25) is 0 Å². The molecule has 0 aliphatic rings. The number of nitrogens with zero attached hydrogens (tertiary/aromatic N) is 2. The molecule has 0 aromatic heterocycles. The fourth-order valence-electron chi connectivity index (χ4n) is 2.16. The Hall–Kier alpha value is -2.24. The Labute approximate surface area is 124 Å². The SMILES string of the molecule is CCN(CC)c1ccc(N(CCC(=O)O)CC(=O)O)cc1. The minimum absolute atomic E-state index is 0.0922. The smallest absolute Gasteiger partial charge is 0.323 e. The van der Waals surface area contributed by atoms with Crippen molar-refractivity contribution in [2.45, 2.75) is 20.3 Å². The fourth-order valence-corrected chi connectivity index (χ4v) is 2.16. The average molecular weight is 294 g/mol. The number of hydrogen-bond acceptors (Lipinski definition) is 4. The van der Waals surface area contributed by atoms with Gasteiger partial charge in [-0.05, 0) is 38.1 Å². The lowest BCUT2D eigenvalue weighted by molar-refractivity contribution is -0.138. The lowest BCUT2D eigenvalue weighted by Gasteiger charge is -2.25. The van der Waals surface area contributed by atoms with Crippen molar-refractivity contribution in [2.75, 3.05) is 36.0 Å². The number of carbonyl (C=O) groups is 2. The highest BCUT2D eigenvalue weighted by atomic mass is 16.4. The van der Waals surface area contributed by atoms with Crippen LogP contribution in [-0.4, -0.2) is 48.3 Å². The second-order valence-electron chi connectivity index (χ2n) is 4.65. The zero-order chi connectivity index (χ0) is 15.8. The number of hydrogen-bond donors (Lipinski definition) is 2. The summed E-state index contributed by atoms with van der Waals surface area (Å²) in [6, 6.07) is 7.52. The first kappa shape index (κ1) is 16.8. The molecule has 116 valence electrons. The Kier molecular flexibility index (Phi) is 6.52. The number of aliphatic carboxylic acids is 2. The molecule has 0 fully saturated rings. The predicted octanol–water partition coefficient (Wildman–Crippen LogP) is 1.90. The molecule has 6 nitrogen and oxygen atoms in total. The second kappa shape index (κ2) is 8.14. The van der Waals surface area contributed by atoms with Crippen LogP contribution in [0.2, 0.25) is 0 Å². The van der Waals surface area contributed by atoms with Crippen molar-refractivity contribution in [2.24, 2.45) is 0 Å². The molecule has 1 aromatic rings. The molecule has 21 heavy (non-hydrogen) atoms. The van der Waals surface area contributed by atoms with E-state index in [1.54, 1.807) is 4.90 Å². The Balaban J connectivity index is 2.86. The largest absolute Gasteiger partial charge is 0.481 e. The molecule has 6 heteroatoms. The van der Waals surface area contributed by atoms with Crippen molar-refractivity contribution in [3.05, 3.63) is 24.3 Å². The van der Waals surface area contributed by atoms with Gasteiger partial charge in [0.15, 0.2) is 0 Å². The maximum atomic E-state index is 10.9. The van der Waals surface area contributed by atoms with E-state index >= 15 is 0 Å². The Morgan fingerprint density at radius 1 is 0.905 bits per heavy atom. The molecule has 0 saturated carbocycles. The predicted molar refractivity (Wildman–Crippen MR) is 82.1 cm³/mol. The second-order valence-corrected chi connectivity index (χ2v) is 4.65. The van der Waals surface area contributed by atoms with Crippen LogP contribution in [0.4, 0.5) is 11.4 Å². The third kappa shape index (κ3) is 5.33. The van der Waals surface area contributed by atoms with Crippen molar-refractivity contribution in [3.63, 3.8) is 0 Å². The molecule has 0 unspecified atom stereocenters. The zero-order valence-corrected chi connectivity index (χ0v) is 12.5. The quantitative estimate of drug-likeness (QED) is 0.724. The van der Waals surface area contributed by atoms with Gasteiger partial charge < -0.3 is 20.0 Å². The van der Waals surface area contributed by atoms with E-state index in [2.05, 4.69) is 18.7 Å². The molecule has 0 saturated heterocycles. The first-order valence-corrected chi connectivity index (χ1v) is 7.01.